The second-order valence-corrected chi connectivity index (χ2v) is 7.34. The Hall–Kier alpha value is -1.79. The van der Waals surface area contributed by atoms with E-state index in [1.54, 1.807) is 6.07 Å². The summed E-state index contributed by atoms with van der Waals surface area (Å²) in [7, 11) is 0. The van der Waals surface area contributed by atoms with Crippen molar-refractivity contribution >= 4 is 46.4 Å². The largest absolute Gasteiger partial charge is 0.573 e. The Bertz CT molecular complexity index is 898. The number of nitrogens with zero attached hydrogens (tertiary/aromatic N) is 2. The first-order valence-corrected chi connectivity index (χ1v) is 9.42. The second-order valence-electron chi connectivity index (χ2n) is 6.43. The Kier molecular flexibility index (Phi) is 9.83. The highest BCUT2D eigenvalue weighted by Crippen LogP contribution is 2.42. The topological polar surface area (TPSA) is 87.9 Å². The molecule has 13 heteroatoms. The molecule has 1 atom stereocenters. The van der Waals surface area contributed by atoms with Crippen molar-refractivity contribution in [2.45, 2.75) is 12.4 Å². The average Bonchev–Trinajstić information content (AvgIpc) is 2.65. The van der Waals surface area contributed by atoms with Crippen molar-refractivity contribution in [1.82, 2.24) is 10.2 Å². The van der Waals surface area contributed by atoms with Crippen LogP contribution in [0.1, 0.15) is 17.2 Å². The fourth-order valence-electron chi connectivity index (χ4n) is 3.33. The maximum absolute atomic E-state index is 12.4. The molecule has 2 aromatic rings. The summed E-state index contributed by atoms with van der Waals surface area (Å²) in [5, 5.41) is 25.1. The Balaban J connectivity index is 0.00000240. The molecule has 0 unspecified atom stereocenters. The zero-order valence-corrected chi connectivity index (χ0v) is 19.0. The second kappa shape index (κ2) is 11.2. The molecule has 31 heavy (non-hydrogen) atoms. The van der Waals surface area contributed by atoms with Gasteiger partial charge in [0.25, 0.3) is 0 Å². The van der Waals surface area contributed by atoms with Gasteiger partial charge in [0.1, 0.15) is 5.75 Å². The first-order chi connectivity index (χ1) is 13.7. The van der Waals surface area contributed by atoms with E-state index in [1.807, 2.05) is 4.90 Å². The molecule has 2 aromatic carbocycles. The van der Waals surface area contributed by atoms with Gasteiger partial charge in [0.15, 0.2) is 5.75 Å². The number of hydrogen-bond donors (Lipinski definition) is 2. The van der Waals surface area contributed by atoms with Crippen LogP contribution in [0.25, 0.3) is 0 Å². The molecule has 1 aliphatic heterocycles. The van der Waals surface area contributed by atoms with E-state index in [9.17, 15) is 28.4 Å². The van der Waals surface area contributed by atoms with Crippen LogP contribution in [0.4, 0.5) is 18.9 Å². The van der Waals surface area contributed by atoms with Crippen LogP contribution < -0.4 is 10.1 Å². The zero-order chi connectivity index (χ0) is 21.2. The molecule has 0 aromatic heterocycles. The molecule has 0 aliphatic carbocycles. The summed E-state index contributed by atoms with van der Waals surface area (Å²) < 4.78 is 41.6. The smallest absolute Gasteiger partial charge is 0.502 e. The van der Waals surface area contributed by atoms with Gasteiger partial charge in [0.05, 0.1) is 11.0 Å². The summed E-state index contributed by atoms with van der Waals surface area (Å²) in [4.78, 5) is 12.6. The number of piperazine rings is 1. The molecule has 2 N–H and O–H groups in total. The molecule has 0 amide bonds. The van der Waals surface area contributed by atoms with Gasteiger partial charge >= 0.3 is 12.0 Å². The van der Waals surface area contributed by atoms with Gasteiger partial charge in [-0.2, -0.15) is 0 Å². The third-order valence-electron chi connectivity index (χ3n) is 4.52. The first-order valence-electron chi connectivity index (χ1n) is 8.63. The molecular formula is C18H19BrCl2F3N3O4. The lowest BCUT2D eigenvalue weighted by Gasteiger charge is -2.35. The van der Waals surface area contributed by atoms with Crippen LogP contribution in [0.2, 0.25) is 0 Å². The number of phenols is 1. The van der Waals surface area contributed by atoms with Crippen LogP contribution in [0.3, 0.4) is 0 Å². The number of alkyl halides is 3. The van der Waals surface area contributed by atoms with Crippen LogP contribution >= 0.6 is 40.7 Å². The highest BCUT2D eigenvalue weighted by atomic mass is 79.9. The van der Waals surface area contributed by atoms with Crippen molar-refractivity contribution in [2.75, 3.05) is 26.2 Å². The fraction of sp³-hybridized carbons (Fsp3) is 0.333. The van der Waals surface area contributed by atoms with Crippen LogP contribution in [-0.2, 0) is 0 Å². The van der Waals surface area contributed by atoms with Gasteiger partial charge in [-0.15, -0.1) is 38.0 Å². The predicted octanol–water partition coefficient (Wildman–Crippen LogP) is 4.80. The summed E-state index contributed by atoms with van der Waals surface area (Å²) in [5.74, 6) is -0.845. The number of phenolic OH excluding ortho intramolecular Hbond substituents is 1. The van der Waals surface area contributed by atoms with E-state index in [1.165, 1.54) is 30.3 Å². The Morgan fingerprint density at radius 3 is 2.26 bits per heavy atom. The van der Waals surface area contributed by atoms with Crippen molar-refractivity contribution < 1.29 is 27.9 Å². The van der Waals surface area contributed by atoms with E-state index >= 15 is 0 Å². The van der Waals surface area contributed by atoms with Gasteiger partial charge in [0, 0.05) is 42.3 Å². The molecular weight excluding hydrogens is 530 g/mol. The lowest BCUT2D eigenvalue weighted by atomic mass is 9.95. The van der Waals surface area contributed by atoms with Crippen molar-refractivity contribution in [3.63, 3.8) is 0 Å². The molecule has 1 fully saturated rings. The summed E-state index contributed by atoms with van der Waals surface area (Å²) in [6.45, 7) is 2.52. The van der Waals surface area contributed by atoms with Crippen LogP contribution in [0.5, 0.6) is 11.5 Å². The highest BCUT2D eigenvalue weighted by molar-refractivity contribution is 9.10. The van der Waals surface area contributed by atoms with Crippen LogP contribution in [0, 0.1) is 10.1 Å². The summed E-state index contributed by atoms with van der Waals surface area (Å²) in [5.41, 5.74) is 0.410. The summed E-state index contributed by atoms with van der Waals surface area (Å²) >= 11 is 3.23. The van der Waals surface area contributed by atoms with Gasteiger partial charge in [-0.25, -0.2) is 0 Å². The Morgan fingerprint density at radius 2 is 1.74 bits per heavy atom. The summed E-state index contributed by atoms with van der Waals surface area (Å²) in [6, 6.07) is 7.47. The third kappa shape index (κ3) is 6.84. The van der Waals surface area contributed by atoms with Gasteiger partial charge in [0.2, 0.25) is 0 Å². The molecule has 0 saturated carbocycles. The van der Waals surface area contributed by atoms with E-state index in [2.05, 4.69) is 26.0 Å². The normalized spacial score (nSPS) is 15.4. The van der Waals surface area contributed by atoms with Gasteiger partial charge in [-0.3, -0.25) is 15.0 Å². The van der Waals surface area contributed by atoms with Gasteiger partial charge < -0.3 is 15.2 Å². The molecule has 7 nitrogen and oxygen atoms in total. The van der Waals surface area contributed by atoms with E-state index in [4.69, 9.17) is 0 Å². The number of nitrogens with one attached hydrogen (secondary N) is 1. The number of benzene rings is 2. The SMILES string of the molecule is Cl.Cl.O=[N+]([O-])c1cc(Br)cc([C@H](c2ccc(OC(F)(F)F)cc2)N2CCNCC2)c1O. The molecule has 0 bridgehead atoms. The van der Waals surface area contributed by atoms with Gasteiger partial charge in [-0.05, 0) is 23.8 Å². The molecule has 1 aliphatic rings. The molecule has 1 saturated heterocycles. The Labute approximate surface area is 196 Å². The molecule has 0 spiro atoms. The van der Waals surface area contributed by atoms with Crippen LogP contribution in [-0.4, -0.2) is 47.5 Å². The highest BCUT2D eigenvalue weighted by Gasteiger charge is 2.32. The lowest BCUT2D eigenvalue weighted by molar-refractivity contribution is -0.386. The number of nitro groups is 1. The van der Waals surface area contributed by atoms with Crippen molar-refractivity contribution in [1.29, 1.82) is 0 Å². The van der Waals surface area contributed by atoms with E-state index < -0.39 is 28.8 Å². The number of aromatic hydroxyl groups is 1. The average molecular weight is 549 g/mol. The monoisotopic (exact) mass is 547 g/mol. The molecule has 172 valence electrons. The lowest BCUT2D eigenvalue weighted by Crippen LogP contribution is -2.45. The standard InChI is InChI=1S/C18H17BrF3N3O4.2ClH/c19-12-9-14(17(26)15(10-12)25(27)28)16(24-7-5-23-6-8-24)11-1-3-13(4-2-11)29-18(20,21)22;;/h1-4,9-10,16,23,26H,5-8H2;2*1H/t16-;;/m0../s1. The number of nitro benzene ring substituents is 1. The zero-order valence-electron chi connectivity index (χ0n) is 15.8. The number of halogens is 6. The maximum atomic E-state index is 12.4. The molecule has 1 heterocycles. The van der Waals surface area contributed by atoms with E-state index in [0.717, 1.165) is 0 Å². The minimum absolute atomic E-state index is 0. The quantitative estimate of drug-likeness (QED) is 0.412. The number of rotatable bonds is 5. The van der Waals surface area contributed by atoms with Crippen molar-refractivity contribution in [2.24, 2.45) is 0 Å². The summed E-state index contributed by atoms with van der Waals surface area (Å²) in [6.07, 6.45) is -4.80. The molecule has 3 rings (SSSR count). The van der Waals surface area contributed by atoms with Crippen LogP contribution in [0.15, 0.2) is 40.9 Å². The molecule has 0 radical (unpaired) electrons. The minimum Gasteiger partial charge on any atom is -0.502 e. The van der Waals surface area contributed by atoms with Gasteiger partial charge in [-0.1, -0.05) is 28.1 Å². The fourth-order valence-corrected chi connectivity index (χ4v) is 3.80. The Morgan fingerprint density at radius 1 is 1.16 bits per heavy atom. The third-order valence-corrected chi connectivity index (χ3v) is 4.98. The predicted molar refractivity (Wildman–Crippen MR) is 116 cm³/mol. The van der Waals surface area contributed by atoms with Crippen molar-refractivity contribution in [3.8, 4) is 11.5 Å². The number of ether oxygens (including phenoxy) is 1. The van der Waals surface area contributed by atoms with Crippen molar-refractivity contribution in [3.05, 3.63) is 62.1 Å². The maximum Gasteiger partial charge on any atom is 0.573 e. The minimum atomic E-state index is -4.80. The first kappa shape index (κ1) is 27.2. The number of hydrogen-bond acceptors (Lipinski definition) is 6. The van der Waals surface area contributed by atoms with E-state index in [-0.39, 0.29) is 36.1 Å². The van der Waals surface area contributed by atoms with E-state index in [0.29, 0.717) is 36.2 Å².